The second kappa shape index (κ2) is 6.34. The lowest BCUT2D eigenvalue weighted by Gasteiger charge is -2.08. The molecule has 0 amide bonds. The fourth-order valence-corrected chi connectivity index (χ4v) is 1.90. The van der Waals surface area contributed by atoms with Crippen molar-refractivity contribution in [2.24, 2.45) is 5.73 Å². The third-order valence-electron chi connectivity index (χ3n) is 2.96. The van der Waals surface area contributed by atoms with E-state index in [4.69, 9.17) is 22.7 Å². The van der Waals surface area contributed by atoms with Crippen LogP contribution in [-0.4, -0.2) is 4.99 Å². The maximum atomic E-state index is 5.74. The molecule has 2 aromatic rings. The molecule has 0 aromatic heterocycles. The van der Waals surface area contributed by atoms with Gasteiger partial charge in [0, 0.05) is 5.56 Å². The standard InChI is InChI=1S/C16H17NOS/c1-2-12-6-8-13(9-7-12)11-18-15-5-3-4-14(10-15)16(17)19/h3-10H,2,11H2,1H3,(H2,17,19). The molecule has 2 nitrogen and oxygen atoms in total. The Hall–Kier alpha value is -1.87. The molecule has 0 saturated heterocycles. The van der Waals surface area contributed by atoms with Crippen LogP contribution in [0.1, 0.15) is 23.6 Å². The van der Waals surface area contributed by atoms with Gasteiger partial charge in [0.05, 0.1) is 0 Å². The van der Waals surface area contributed by atoms with E-state index in [1.165, 1.54) is 5.56 Å². The molecule has 3 heteroatoms. The predicted octanol–water partition coefficient (Wildman–Crippen LogP) is 3.46. The van der Waals surface area contributed by atoms with Crippen molar-refractivity contribution in [3.8, 4) is 5.75 Å². The van der Waals surface area contributed by atoms with Gasteiger partial charge >= 0.3 is 0 Å². The van der Waals surface area contributed by atoms with Crippen molar-refractivity contribution in [2.45, 2.75) is 20.0 Å². The van der Waals surface area contributed by atoms with Gasteiger partial charge in [-0.3, -0.25) is 0 Å². The first-order valence-corrected chi connectivity index (χ1v) is 6.70. The van der Waals surface area contributed by atoms with Crippen LogP contribution >= 0.6 is 12.2 Å². The third-order valence-corrected chi connectivity index (χ3v) is 3.19. The molecule has 0 fully saturated rings. The first-order chi connectivity index (χ1) is 9.19. The lowest BCUT2D eigenvalue weighted by atomic mass is 10.1. The average Bonchev–Trinajstić information content (AvgIpc) is 2.46. The molecule has 0 unspecified atom stereocenters. The van der Waals surface area contributed by atoms with E-state index in [2.05, 4.69) is 31.2 Å². The number of nitrogens with two attached hydrogens (primary N) is 1. The van der Waals surface area contributed by atoms with Gasteiger partial charge in [0.2, 0.25) is 0 Å². The van der Waals surface area contributed by atoms with E-state index in [-0.39, 0.29) is 0 Å². The topological polar surface area (TPSA) is 35.2 Å². The van der Waals surface area contributed by atoms with Crippen LogP contribution < -0.4 is 10.5 Å². The minimum Gasteiger partial charge on any atom is -0.489 e. The molecule has 0 bridgehead atoms. The lowest BCUT2D eigenvalue weighted by Crippen LogP contribution is -2.09. The highest BCUT2D eigenvalue weighted by molar-refractivity contribution is 7.80. The van der Waals surface area contributed by atoms with Crippen molar-refractivity contribution in [1.29, 1.82) is 0 Å². The first kappa shape index (κ1) is 13.6. The van der Waals surface area contributed by atoms with Crippen LogP contribution in [0, 0.1) is 0 Å². The summed E-state index contributed by atoms with van der Waals surface area (Å²) in [6.07, 6.45) is 1.05. The molecule has 2 rings (SSSR count). The largest absolute Gasteiger partial charge is 0.489 e. The summed E-state index contributed by atoms with van der Waals surface area (Å²) in [5.41, 5.74) is 8.91. The Morgan fingerprint density at radius 3 is 2.42 bits per heavy atom. The van der Waals surface area contributed by atoms with Crippen LogP contribution in [0.2, 0.25) is 0 Å². The number of rotatable bonds is 5. The van der Waals surface area contributed by atoms with Crippen molar-refractivity contribution >= 4 is 17.2 Å². The van der Waals surface area contributed by atoms with Gasteiger partial charge in [-0.15, -0.1) is 0 Å². The molecule has 0 aliphatic rings. The first-order valence-electron chi connectivity index (χ1n) is 6.29. The molecule has 0 atom stereocenters. The fraction of sp³-hybridized carbons (Fsp3) is 0.188. The highest BCUT2D eigenvalue weighted by atomic mass is 32.1. The van der Waals surface area contributed by atoms with Crippen LogP contribution in [0.3, 0.4) is 0 Å². The molecule has 0 radical (unpaired) electrons. The number of benzene rings is 2. The van der Waals surface area contributed by atoms with E-state index in [1.54, 1.807) is 0 Å². The van der Waals surface area contributed by atoms with Crippen LogP contribution in [0.15, 0.2) is 48.5 Å². The maximum Gasteiger partial charge on any atom is 0.120 e. The van der Waals surface area contributed by atoms with Crippen molar-refractivity contribution in [2.75, 3.05) is 0 Å². The van der Waals surface area contributed by atoms with Gasteiger partial charge in [-0.25, -0.2) is 0 Å². The summed E-state index contributed by atoms with van der Waals surface area (Å²) in [7, 11) is 0. The number of ether oxygens (including phenoxy) is 1. The number of hydrogen-bond acceptors (Lipinski definition) is 2. The molecule has 0 spiro atoms. The summed E-state index contributed by atoms with van der Waals surface area (Å²) in [5, 5.41) is 0. The minimum atomic E-state index is 0.387. The van der Waals surface area contributed by atoms with E-state index < -0.39 is 0 Å². The van der Waals surface area contributed by atoms with Crippen molar-refractivity contribution in [1.82, 2.24) is 0 Å². The van der Waals surface area contributed by atoms with Crippen molar-refractivity contribution < 1.29 is 4.74 Å². The van der Waals surface area contributed by atoms with Gasteiger partial charge in [-0.2, -0.15) is 0 Å². The minimum absolute atomic E-state index is 0.387. The van der Waals surface area contributed by atoms with Gasteiger partial charge in [0.1, 0.15) is 17.3 Å². The SMILES string of the molecule is CCc1ccc(COc2cccc(C(N)=S)c2)cc1. The molecule has 0 aliphatic carbocycles. The normalized spacial score (nSPS) is 10.2. The predicted molar refractivity (Wildman–Crippen MR) is 82.5 cm³/mol. The molecule has 2 aromatic carbocycles. The smallest absolute Gasteiger partial charge is 0.120 e. The summed E-state index contributed by atoms with van der Waals surface area (Å²) in [4.78, 5) is 0.387. The Bertz CT molecular complexity index is 563. The summed E-state index contributed by atoms with van der Waals surface area (Å²) in [6.45, 7) is 2.69. The number of aryl methyl sites for hydroxylation is 1. The number of thiocarbonyl (C=S) groups is 1. The summed E-state index contributed by atoms with van der Waals surface area (Å²) in [5.74, 6) is 0.782. The zero-order chi connectivity index (χ0) is 13.7. The summed E-state index contributed by atoms with van der Waals surface area (Å²) < 4.78 is 5.74. The molecule has 19 heavy (non-hydrogen) atoms. The molecule has 0 aliphatic heterocycles. The van der Waals surface area contributed by atoms with Gasteiger partial charge in [0.25, 0.3) is 0 Å². The second-order valence-electron chi connectivity index (χ2n) is 4.35. The monoisotopic (exact) mass is 271 g/mol. The fourth-order valence-electron chi connectivity index (χ4n) is 1.78. The summed E-state index contributed by atoms with van der Waals surface area (Å²) >= 11 is 4.95. The molecular formula is C16H17NOS. The lowest BCUT2D eigenvalue weighted by molar-refractivity contribution is 0.306. The van der Waals surface area contributed by atoms with Crippen molar-refractivity contribution in [3.63, 3.8) is 0 Å². The van der Waals surface area contributed by atoms with Crippen LogP contribution in [0.5, 0.6) is 5.75 Å². The average molecular weight is 271 g/mol. The van der Waals surface area contributed by atoms with E-state index in [9.17, 15) is 0 Å². The maximum absolute atomic E-state index is 5.74. The zero-order valence-corrected chi connectivity index (χ0v) is 11.7. The molecule has 2 N–H and O–H groups in total. The Labute approximate surface area is 119 Å². The molecular weight excluding hydrogens is 254 g/mol. The Morgan fingerprint density at radius 1 is 1.11 bits per heavy atom. The van der Waals surface area contributed by atoms with Crippen LogP contribution in [0.25, 0.3) is 0 Å². The van der Waals surface area contributed by atoms with E-state index in [0.29, 0.717) is 11.6 Å². The highest BCUT2D eigenvalue weighted by Gasteiger charge is 2.00. The van der Waals surface area contributed by atoms with Gasteiger partial charge in [-0.05, 0) is 29.7 Å². The van der Waals surface area contributed by atoms with Gasteiger partial charge in [-0.1, -0.05) is 55.5 Å². The van der Waals surface area contributed by atoms with Crippen molar-refractivity contribution in [3.05, 3.63) is 65.2 Å². The van der Waals surface area contributed by atoms with Gasteiger partial charge in [0.15, 0.2) is 0 Å². The Morgan fingerprint density at radius 2 is 1.79 bits per heavy atom. The quantitative estimate of drug-likeness (QED) is 0.846. The van der Waals surface area contributed by atoms with Gasteiger partial charge < -0.3 is 10.5 Å². The third kappa shape index (κ3) is 3.80. The van der Waals surface area contributed by atoms with E-state index >= 15 is 0 Å². The molecule has 0 saturated carbocycles. The molecule has 0 heterocycles. The Balaban J connectivity index is 2.01. The van der Waals surface area contributed by atoms with E-state index in [1.807, 2.05) is 24.3 Å². The number of hydrogen-bond donors (Lipinski definition) is 1. The Kier molecular flexibility index (Phi) is 4.53. The van der Waals surface area contributed by atoms with Crippen LogP contribution in [-0.2, 0) is 13.0 Å². The van der Waals surface area contributed by atoms with Crippen LogP contribution in [0.4, 0.5) is 0 Å². The second-order valence-corrected chi connectivity index (χ2v) is 4.79. The zero-order valence-electron chi connectivity index (χ0n) is 10.9. The summed E-state index contributed by atoms with van der Waals surface area (Å²) in [6, 6.07) is 16.0. The highest BCUT2D eigenvalue weighted by Crippen LogP contribution is 2.15. The molecule has 98 valence electrons. The van der Waals surface area contributed by atoms with E-state index in [0.717, 1.165) is 23.3 Å².